The maximum atomic E-state index is 11.5. The number of carbonyl (C=O) groups is 2. The quantitative estimate of drug-likeness (QED) is 0.727. The van der Waals surface area contributed by atoms with Gasteiger partial charge in [0.05, 0.1) is 6.42 Å². The van der Waals surface area contributed by atoms with Crippen LogP contribution >= 0.6 is 0 Å². The van der Waals surface area contributed by atoms with Gasteiger partial charge < -0.3 is 5.11 Å². The minimum atomic E-state index is -0.915. The zero-order valence-electron chi connectivity index (χ0n) is 8.19. The second-order valence-corrected chi connectivity index (χ2v) is 3.42. The predicted molar refractivity (Wildman–Crippen MR) is 52.9 cm³/mol. The van der Waals surface area contributed by atoms with Gasteiger partial charge in [0.2, 0.25) is 0 Å². The zero-order valence-corrected chi connectivity index (χ0v) is 8.19. The van der Waals surface area contributed by atoms with E-state index in [4.69, 9.17) is 5.11 Å². The number of rotatable bonds is 5. The Balaban J connectivity index is 2.44. The molecule has 0 saturated heterocycles. The van der Waals surface area contributed by atoms with Gasteiger partial charge in [-0.3, -0.25) is 9.59 Å². The van der Waals surface area contributed by atoms with Gasteiger partial charge in [-0.1, -0.05) is 25.2 Å². The summed E-state index contributed by atoms with van der Waals surface area (Å²) in [6, 6.07) is 0. The van der Waals surface area contributed by atoms with Crippen LogP contribution in [-0.4, -0.2) is 16.9 Å². The lowest BCUT2D eigenvalue weighted by atomic mass is 9.95. The molecule has 1 aliphatic rings. The molecule has 1 atom stereocenters. The Morgan fingerprint density at radius 3 is 2.71 bits per heavy atom. The van der Waals surface area contributed by atoms with E-state index in [1.54, 1.807) is 0 Å². The van der Waals surface area contributed by atoms with Crippen molar-refractivity contribution in [3.63, 3.8) is 0 Å². The van der Waals surface area contributed by atoms with E-state index < -0.39 is 5.97 Å². The molecule has 14 heavy (non-hydrogen) atoms. The van der Waals surface area contributed by atoms with Crippen molar-refractivity contribution in [2.75, 3.05) is 0 Å². The van der Waals surface area contributed by atoms with Crippen molar-refractivity contribution in [3.8, 4) is 0 Å². The summed E-state index contributed by atoms with van der Waals surface area (Å²) in [6.45, 7) is 1.83. The van der Waals surface area contributed by atoms with Crippen molar-refractivity contribution in [3.05, 3.63) is 23.8 Å². The minimum absolute atomic E-state index is 0.00481. The number of allylic oxidation sites excluding steroid dienone is 4. The van der Waals surface area contributed by atoms with E-state index in [0.717, 1.165) is 12.0 Å². The van der Waals surface area contributed by atoms with E-state index in [0.29, 0.717) is 0 Å². The van der Waals surface area contributed by atoms with Gasteiger partial charge in [-0.15, -0.1) is 0 Å². The van der Waals surface area contributed by atoms with Crippen molar-refractivity contribution >= 4 is 11.8 Å². The van der Waals surface area contributed by atoms with Gasteiger partial charge in [0.1, 0.15) is 5.78 Å². The molecule has 0 spiro atoms. The summed E-state index contributed by atoms with van der Waals surface area (Å²) >= 11 is 0. The standard InChI is InChI=1S/C11H14O3/c1-8(9-4-2-3-5-9)10(12)6-7-11(13)14/h2,4-5,8H,3,6-7H2,1H3,(H,13,14). The summed E-state index contributed by atoms with van der Waals surface area (Å²) < 4.78 is 0. The molecule has 0 bridgehead atoms. The van der Waals surface area contributed by atoms with E-state index in [9.17, 15) is 9.59 Å². The molecular formula is C11H14O3. The molecule has 0 aromatic carbocycles. The molecule has 1 N–H and O–H groups in total. The van der Waals surface area contributed by atoms with Crippen LogP contribution in [0.25, 0.3) is 0 Å². The molecule has 0 aliphatic heterocycles. The Morgan fingerprint density at radius 1 is 1.50 bits per heavy atom. The SMILES string of the molecule is CC(C(=O)CCC(=O)O)C1=CCC=C1. The number of hydrogen-bond acceptors (Lipinski definition) is 2. The van der Waals surface area contributed by atoms with Gasteiger partial charge >= 0.3 is 5.97 Å². The normalized spacial score (nSPS) is 16.5. The smallest absolute Gasteiger partial charge is 0.303 e. The molecule has 3 heteroatoms. The molecule has 3 nitrogen and oxygen atoms in total. The number of ketones is 1. The molecule has 1 unspecified atom stereocenters. The minimum Gasteiger partial charge on any atom is -0.481 e. The summed E-state index contributed by atoms with van der Waals surface area (Å²) in [6.07, 6.45) is 6.87. The molecular weight excluding hydrogens is 180 g/mol. The number of carboxylic acids is 1. The van der Waals surface area contributed by atoms with Crippen LogP contribution in [0.3, 0.4) is 0 Å². The number of carbonyl (C=O) groups excluding carboxylic acids is 1. The van der Waals surface area contributed by atoms with Gasteiger partial charge in [0.15, 0.2) is 0 Å². The van der Waals surface area contributed by atoms with E-state index >= 15 is 0 Å². The fourth-order valence-corrected chi connectivity index (χ4v) is 1.43. The fourth-order valence-electron chi connectivity index (χ4n) is 1.43. The number of hydrogen-bond donors (Lipinski definition) is 1. The molecule has 0 fully saturated rings. The first-order chi connectivity index (χ1) is 6.61. The van der Waals surface area contributed by atoms with Crippen LogP contribution in [0.5, 0.6) is 0 Å². The van der Waals surface area contributed by atoms with Gasteiger partial charge in [0, 0.05) is 12.3 Å². The summed E-state index contributed by atoms with van der Waals surface area (Å²) in [5, 5.41) is 8.43. The second-order valence-electron chi connectivity index (χ2n) is 3.42. The van der Waals surface area contributed by atoms with Crippen molar-refractivity contribution in [1.29, 1.82) is 0 Å². The first-order valence-corrected chi connectivity index (χ1v) is 4.72. The van der Waals surface area contributed by atoms with Crippen molar-refractivity contribution < 1.29 is 14.7 Å². The number of aliphatic carboxylic acids is 1. The molecule has 0 aromatic heterocycles. The van der Waals surface area contributed by atoms with Gasteiger partial charge in [-0.2, -0.15) is 0 Å². The molecule has 1 rings (SSSR count). The highest BCUT2D eigenvalue weighted by molar-refractivity contribution is 5.86. The predicted octanol–water partition coefficient (Wildman–Crippen LogP) is 1.94. The van der Waals surface area contributed by atoms with Crippen LogP contribution in [0.15, 0.2) is 23.8 Å². The molecule has 0 aromatic rings. The molecule has 0 saturated carbocycles. The second kappa shape index (κ2) is 4.74. The molecule has 76 valence electrons. The Kier molecular flexibility index (Phi) is 3.63. The van der Waals surface area contributed by atoms with E-state index in [2.05, 4.69) is 0 Å². The highest BCUT2D eigenvalue weighted by Crippen LogP contribution is 2.20. The summed E-state index contributed by atoms with van der Waals surface area (Å²) in [7, 11) is 0. The largest absolute Gasteiger partial charge is 0.481 e. The van der Waals surface area contributed by atoms with E-state index in [1.807, 2.05) is 25.2 Å². The zero-order chi connectivity index (χ0) is 10.6. The molecule has 0 radical (unpaired) electrons. The van der Waals surface area contributed by atoms with Crippen LogP contribution in [0.2, 0.25) is 0 Å². The molecule has 0 amide bonds. The highest BCUT2D eigenvalue weighted by atomic mass is 16.4. The Hall–Kier alpha value is -1.38. The maximum Gasteiger partial charge on any atom is 0.303 e. The van der Waals surface area contributed by atoms with Crippen LogP contribution in [0.1, 0.15) is 26.2 Å². The van der Waals surface area contributed by atoms with E-state index in [1.165, 1.54) is 0 Å². The Labute approximate surface area is 83.1 Å². The van der Waals surface area contributed by atoms with Crippen molar-refractivity contribution in [2.24, 2.45) is 5.92 Å². The fraction of sp³-hybridized carbons (Fsp3) is 0.455. The third-order valence-corrected chi connectivity index (χ3v) is 2.37. The van der Waals surface area contributed by atoms with Crippen molar-refractivity contribution in [2.45, 2.75) is 26.2 Å². The van der Waals surface area contributed by atoms with Crippen LogP contribution in [-0.2, 0) is 9.59 Å². The highest BCUT2D eigenvalue weighted by Gasteiger charge is 2.17. The summed E-state index contributed by atoms with van der Waals surface area (Å²) in [5.41, 5.74) is 1.01. The van der Waals surface area contributed by atoms with Gasteiger partial charge in [-0.05, 0) is 12.0 Å². The third-order valence-electron chi connectivity index (χ3n) is 2.37. The van der Waals surface area contributed by atoms with E-state index in [-0.39, 0.29) is 24.5 Å². The Bertz CT molecular complexity index is 300. The Morgan fingerprint density at radius 2 is 2.21 bits per heavy atom. The topological polar surface area (TPSA) is 54.4 Å². The lowest BCUT2D eigenvalue weighted by molar-refractivity contribution is -0.138. The average molecular weight is 194 g/mol. The van der Waals surface area contributed by atoms with Gasteiger partial charge in [-0.25, -0.2) is 0 Å². The number of carboxylic acid groups (broad SMARTS) is 1. The average Bonchev–Trinajstić information content (AvgIpc) is 2.65. The molecule has 0 heterocycles. The number of Topliss-reactive ketones (excluding diaryl/α,β-unsaturated/α-hetero) is 1. The van der Waals surface area contributed by atoms with Gasteiger partial charge in [0.25, 0.3) is 0 Å². The first-order valence-electron chi connectivity index (χ1n) is 4.72. The van der Waals surface area contributed by atoms with Crippen LogP contribution < -0.4 is 0 Å². The molecule has 1 aliphatic carbocycles. The lowest BCUT2D eigenvalue weighted by Gasteiger charge is -2.08. The summed E-state index contributed by atoms with van der Waals surface area (Å²) in [5.74, 6) is -1.07. The van der Waals surface area contributed by atoms with Crippen LogP contribution in [0, 0.1) is 5.92 Å². The lowest BCUT2D eigenvalue weighted by Crippen LogP contribution is -2.13. The maximum absolute atomic E-state index is 11.5. The van der Waals surface area contributed by atoms with Crippen LogP contribution in [0.4, 0.5) is 0 Å². The first kappa shape index (κ1) is 10.7. The third kappa shape index (κ3) is 2.83. The van der Waals surface area contributed by atoms with Crippen molar-refractivity contribution in [1.82, 2.24) is 0 Å². The monoisotopic (exact) mass is 194 g/mol. The summed E-state index contributed by atoms with van der Waals surface area (Å²) in [4.78, 5) is 21.8.